The fourth-order valence-electron chi connectivity index (χ4n) is 4.43. The first-order valence-electron chi connectivity index (χ1n) is 13.9. The predicted octanol–water partition coefficient (Wildman–Crippen LogP) is 3.55. The normalized spacial score (nSPS) is 13.8. The number of alkyl halides is 1. The molecule has 2 amide bonds. The monoisotopic (exact) mass is 559 g/mol. The Labute approximate surface area is 237 Å². The summed E-state index contributed by atoms with van der Waals surface area (Å²) in [6.45, 7) is 5.06. The van der Waals surface area contributed by atoms with E-state index in [-0.39, 0.29) is 43.4 Å². The Hall–Kier alpha value is -4.48. The van der Waals surface area contributed by atoms with Crippen LogP contribution in [0.3, 0.4) is 0 Å². The second-order valence-corrected chi connectivity index (χ2v) is 10.7. The minimum atomic E-state index is -1.27. The molecule has 1 saturated carbocycles. The Morgan fingerprint density at radius 2 is 1.68 bits per heavy atom. The minimum Gasteiger partial charge on any atom is -0.347 e. The van der Waals surface area contributed by atoms with Gasteiger partial charge in [0.1, 0.15) is 6.17 Å². The Morgan fingerprint density at radius 1 is 0.976 bits per heavy atom. The van der Waals surface area contributed by atoms with E-state index in [4.69, 9.17) is 0 Å². The van der Waals surface area contributed by atoms with Gasteiger partial charge in [0.15, 0.2) is 11.4 Å². The zero-order chi connectivity index (χ0) is 28.8. The van der Waals surface area contributed by atoms with E-state index in [1.165, 1.54) is 45.7 Å². The fraction of sp³-hybridized carbons (Fsp3) is 0.414. The second-order valence-electron chi connectivity index (χ2n) is 10.7. The van der Waals surface area contributed by atoms with Crippen molar-refractivity contribution in [3.05, 3.63) is 88.8 Å². The van der Waals surface area contributed by atoms with E-state index in [1.807, 2.05) is 24.3 Å². The number of halogens is 1. The number of aromatic nitrogens is 7. The standard InChI is InChI=1S/C29H34FN9O2/c1-19(2)22-5-3-4-20(12-22)14-32-28(40)26-17-38(36-34-26)11-9-24(30)16-39-18-27(35-37-39)29(41)33-15-25-13-23(8-10-31-25)21-6-7-21/h3-5,8,10,12-13,17-19,21,24H,6-7,9,11,14-16H2,1-2H3,(H,32,40)(H,33,41). The van der Waals surface area contributed by atoms with Crippen molar-refractivity contribution >= 4 is 11.8 Å². The van der Waals surface area contributed by atoms with E-state index < -0.39 is 12.1 Å². The number of carbonyl (C=O) groups is 2. The highest BCUT2D eigenvalue weighted by molar-refractivity contribution is 5.92. The third-order valence-corrected chi connectivity index (χ3v) is 6.99. The van der Waals surface area contributed by atoms with Crippen molar-refractivity contribution in [1.82, 2.24) is 45.6 Å². The van der Waals surface area contributed by atoms with Gasteiger partial charge in [-0.3, -0.25) is 19.3 Å². The molecule has 0 aliphatic heterocycles. The molecule has 214 valence electrons. The maximum absolute atomic E-state index is 14.7. The molecule has 12 heteroatoms. The van der Waals surface area contributed by atoms with Crippen molar-refractivity contribution in [3.63, 3.8) is 0 Å². The molecule has 1 fully saturated rings. The zero-order valence-electron chi connectivity index (χ0n) is 23.2. The Morgan fingerprint density at radius 3 is 2.41 bits per heavy atom. The van der Waals surface area contributed by atoms with Crippen LogP contribution in [0.15, 0.2) is 55.0 Å². The molecule has 1 unspecified atom stereocenters. The maximum Gasteiger partial charge on any atom is 0.273 e. The molecule has 1 atom stereocenters. The molecule has 4 aromatic rings. The second kappa shape index (κ2) is 12.8. The van der Waals surface area contributed by atoms with Crippen LogP contribution in [-0.4, -0.2) is 53.0 Å². The number of amides is 2. The summed E-state index contributed by atoms with van der Waals surface area (Å²) in [4.78, 5) is 29.3. The third-order valence-electron chi connectivity index (χ3n) is 6.99. The number of hydrogen-bond donors (Lipinski definition) is 2. The summed E-state index contributed by atoms with van der Waals surface area (Å²) in [7, 11) is 0. The number of nitrogens with zero attached hydrogens (tertiary/aromatic N) is 7. The first-order valence-corrected chi connectivity index (χ1v) is 13.9. The van der Waals surface area contributed by atoms with Gasteiger partial charge in [0, 0.05) is 25.7 Å². The largest absolute Gasteiger partial charge is 0.347 e. The first kappa shape index (κ1) is 28.1. The van der Waals surface area contributed by atoms with Crippen LogP contribution < -0.4 is 10.6 Å². The average Bonchev–Trinajstić information content (AvgIpc) is 3.54. The lowest BCUT2D eigenvalue weighted by molar-refractivity contribution is 0.0937. The molecule has 5 rings (SSSR count). The molecule has 3 heterocycles. The molecule has 2 N–H and O–H groups in total. The summed E-state index contributed by atoms with van der Waals surface area (Å²) >= 11 is 0. The molecule has 41 heavy (non-hydrogen) atoms. The molecule has 0 bridgehead atoms. The lowest BCUT2D eigenvalue weighted by Crippen LogP contribution is -2.23. The SMILES string of the molecule is CC(C)c1cccc(CNC(=O)c2cn(CCC(F)Cn3cc(C(=O)NCc4cc(C5CC5)ccn4)nn3)nn2)c1. The molecule has 1 aliphatic carbocycles. The van der Waals surface area contributed by atoms with Gasteiger partial charge in [0.05, 0.1) is 31.2 Å². The Balaban J connectivity index is 1.04. The number of aryl methyl sites for hydroxylation is 1. The van der Waals surface area contributed by atoms with Crippen molar-refractivity contribution in [3.8, 4) is 0 Å². The number of hydrogen-bond acceptors (Lipinski definition) is 7. The highest BCUT2D eigenvalue weighted by atomic mass is 19.1. The number of nitrogens with one attached hydrogen (secondary N) is 2. The molecular weight excluding hydrogens is 525 g/mol. The smallest absolute Gasteiger partial charge is 0.273 e. The highest BCUT2D eigenvalue weighted by Crippen LogP contribution is 2.39. The Kier molecular flexibility index (Phi) is 8.76. The summed E-state index contributed by atoms with van der Waals surface area (Å²) in [5.41, 5.74) is 4.51. The lowest BCUT2D eigenvalue weighted by Gasteiger charge is -2.08. The van der Waals surface area contributed by atoms with E-state index in [0.717, 1.165) is 11.3 Å². The van der Waals surface area contributed by atoms with Gasteiger partial charge in [-0.1, -0.05) is 48.5 Å². The number of benzene rings is 1. The topological polar surface area (TPSA) is 133 Å². The van der Waals surface area contributed by atoms with Crippen LogP contribution in [0.2, 0.25) is 0 Å². The van der Waals surface area contributed by atoms with E-state index in [2.05, 4.69) is 62.2 Å². The molecule has 3 aromatic heterocycles. The van der Waals surface area contributed by atoms with Gasteiger partial charge in [-0.15, -0.1) is 10.2 Å². The minimum absolute atomic E-state index is 0.0667. The summed E-state index contributed by atoms with van der Waals surface area (Å²) < 4.78 is 17.4. The van der Waals surface area contributed by atoms with Crippen LogP contribution >= 0.6 is 0 Å². The zero-order valence-corrected chi connectivity index (χ0v) is 23.2. The lowest BCUT2D eigenvalue weighted by atomic mass is 10.0. The van der Waals surface area contributed by atoms with Gasteiger partial charge in [0.25, 0.3) is 11.8 Å². The summed E-state index contributed by atoms with van der Waals surface area (Å²) in [6, 6.07) is 12.1. The molecule has 0 spiro atoms. The Bertz CT molecular complexity index is 1490. The molecule has 11 nitrogen and oxygen atoms in total. The van der Waals surface area contributed by atoms with Gasteiger partial charge in [0.2, 0.25) is 0 Å². The molecule has 1 aliphatic rings. The quantitative estimate of drug-likeness (QED) is 0.256. The van der Waals surface area contributed by atoms with Gasteiger partial charge in [-0.25, -0.2) is 9.07 Å². The summed E-state index contributed by atoms with van der Waals surface area (Å²) in [6.07, 6.45) is 5.92. The van der Waals surface area contributed by atoms with Crippen molar-refractivity contribution in [2.45, 2.75) is 77.3 Å². The van der Waals surface area contributed by atoms with Crippen LogP contribution in [0.25, 0.3) is 0 Å². The number of carbonyl (C=O) groups excluding carboxylic acids is 2. The summed E-state index contributed by atoms with van der Waals surface area (Å²) in [5, 5.41) is 21.3. The van der Waals surface area contributed by atoms with Crippen LogP contribution in [-0.2, 0) is 26.2 Å². The average molecular weight is 560 g/mol. The van der Waals surface area contributed by atoms with Crippen molar-refractivity contribution < 1.29 is 14.0 Å². The molecule has 1 aromatic carbocycles. The van der Waals surface area contributed by atoms with Gasteiger partial charge in [-0.2, -0.15) is 0 Å². The molecule has 0 radical (unpaired) electrons. The predicted molar refractivity (Wildman–Crippen MR) is 149 cm³/mol. The van der Waals surface area contributed by atoms with Crippen LogP contribution in [0.4, 0.5) is 4.39 Å². The first-order chi connectivity index (χ1) is 19.8. The van der Waals surface area contributed by atoms with Crippen LogP contribution in [0.1, 0.15) is 88.3 Å². The molecule has 0 saturated heterocycles. The van der Waals surface area contributed by atoms with Gasteiger partial charge in [-0.05, 0) is 53.5 Å². The summed E-state index contributed by atoms with van der Waals surface area (Å²) in [5.74, 6) is 0.267. The maximum atomic E-state index is 14.7. The van der Waals surface area contributed by atoms with Gasteiger partial charge < -0.3 is 10.6 Å². The van der Waals surface area contributed by atoms with E-state index in [9.17, 15) is 14.0 Å². The third kappa shape index (κ3) is 7.80. The van der Waals surface area contributed by atoms with Gasteiger partial charge >= 0.3 is 0 Å². The van der Waals surface area contributed by atoms with E-state index in [1.54, 1.807) is 6.20 Å². The molecular formula is C29H34FN9O2. The van der Waals surface area contributed by atoms with Crippen molar-refractivity contribution in [2.75, 3.05) is 0 Å². The van der Waals surface area contributed by atoms with Crippen LogP contribution in [0.5, 0.6) is 0 Å². The van der Waals surface area contributed by atoms with Crippen molar-refractivity contribution in [2.24, 2.45) is 0 Å². The highest BCUT2D eigenvalue weighted by Gasteiger charge is 2.23. The number of pyridine rings is 1. The number of rotatable bonds is 13. The fourth-order valence-corrected chi connectivity index (χ4v) is 4.43. The van der Waals surface area contributed by atoms with E-state index in [0.29, 0.717) is 18.4 Å². The van der Waals surface area contributed by atoms with Crippen molar-refractivity contribution in [1.29, 1.82) is 0 Å². The van der Waals surface area contributed by atoms with E-state index >= 15 is 0 Å². The van der Waals surface area contributed by atoms with Crippen LogP contribution in [0, 0.1) is 0 Å².